The van der Waals surface area contributed by atoms with E-state index in [-0.39, 0.29) is 0 Å². The Morgan fingerprint density at radius 3 is 1.32 bits per heavy atom. The molecule has 0 radical (unpaired) electrons. The van der Waals surface area contributed by atoms with E-state index in [9.17, 15) is 0 Å². The third kappa shape index (κ3) is 5.75. The topological polar surface area (TPSA) is 21.7 Å². The molecule has 0 bridgehead atoms. The van der Waals surface area contributed by atoms with Crippen molar-refractivity contribution in [3.05, 3.63) is 317 Å². The summed E-state index contributed by atoms with van der Waals surface area (Å²) in [7, 11) is 0. The van der Waals surface area contributed by atoms with Crippen LogP contribution in [0, 0.1) is 0 Å². The quantitative estimate of drug-likeness (QED) is 0.172. The lowest BCUT2D eigenvalue weighted by molar-refractivity contribution is 0.436. The Balaban J connectivity index is 0.966. The molecule has 350 valence electrons. The van der Waals surface area contributed by atoms with Gasteiger partial charge in [-0.1, -0.05) is 218 Å². The van der Waals surface area contributed by atoms with Crippen molar-refractivity contribution in [1.29, 1.82) is 0 Å². The zero-order valence-electron chi connectivity index (χ0n) is 40.7. The minimum Gasteiger partial charge on any atom is -0.457 e. The average molecular weight is 956 g/mol. The summed E-state index contributed by atoms with van der Waals surface area (Å²) in [6, 6.07) is 100. The highest BCUT2D eigenvalue weighted by Crippen LogP contribution is 2.66. The highest BCUT2D eigenvalue weighted by Gasteiger charge is 2.54. The van der Waals surface area contributed by atoms with E-state index >= 15 is 0 Å². The molecule has 2 spiro atoms. The lowest BCUT2D eigenvalue weighted by atomic mass is 9.66. The summed E-state index contributed by atoms with van der Waals surface area (Å²) >= 11 is 0. The number of benzene rings is 12. The molecule has 2 aliphatic carbocycles. The first-order valence-electron chi connectivity index (χ1n) is 25.9. The van der Waals surface area contributed by atoms with Crippen molar-refractivity contribution < 1.29 is 9.47 Å². The number of nitrogens with zero attached hydrogens (tertiary/aromatic N) is 1. The van der Waals surface area contributed by atoms with Gasteiger partial charge in [-0.15, -0.1) is 0 Å². The summed E-state index contributed by atoms with van der Waals surface area (Å²) in [6.07, 6.45) is 0. The molecule has 4 aliphatic rings. The Labute approximate surface area is 435 Å². The third-order valence-corrected chi connectivity index (χ3v) is 16.6. The molecule has 3 heteroatoms. The molecule has 0 saturated carbocycles. The first-order valence-corrected chi connectivity index (χ1v) is 25.9. The molecule has 0 fully saturated rings. The fraction of sp³-hybridized carbons (Fsp3) is 0.0278. The third-order valence-electron chi connectivity index (χ3n) is 16.6. The summed E-state index contributed by atoms with van der Waals surface area (Å²) in [4.78, 5) is 2.51. The number of para-hydroxylation sites is 4. The van der Waals surface area contributed by atoms with Gasteiger partial charge in [0, 0.05) is 39.2 Å². The number of rotatable bonds is 5. The Kier molecular flexibility index (Phi) is 8.88. The van der Waals surface area contributed by atoms with Crippen LogP contribution in [0.4, 0.5) is 17.1 Å². The molecule has 3 nitrogen and oxygen atoms in total. The molecule has 12 aromatic carbocycles. The Morgan fingerprint density at radius 2 is 0.707 bits per heavy atom. The van der Waals surface area contributed by atoms with E-state index in [1.807, 2.05) is 0 Å². The molecule has 0 atom stereocenters. The minimum absolute atomic E-state index is 0.630. The second kappa shape index (κ2) is 15.9. The molecule has 2 aliphatic heterocycles. The fourth-order valence-electron chi connectivity index (χ4n) is 13.6. The van der Waals surface area contributed by atoms with Crippen molar-refractivity contribution in [3.8, 4) is 67.5 Å². The maximum absolute atomic E-state index is 6.84. The highest BCUT2D eigenvalue weighted by atomic mass is 16.5. The maximum Gasteiger partial charge on any atom is 0.132 e. The summed E-state index contributed by atoms with van der Waals surface area (Å²) in [6.45, 7) is 0. The maximum atomic E-state index is 6.84. The van der Waals surface area contributed by atoms with E-state index in [1.165, 1.54) is 72.0 Å². The van der Waals surface area contributed by atoms with Crippen molar-refractivity contribution in [3.63, 3.8) is 0 Å². The van der Waals surface area contributed by atoms with Crippen LogP contribution >= 0.6 is 0 Å². The van der Waals surface area contributed by atoms with Crippen LogP contribution in [0.3, 0.4) is 0 Å². The van der Waals surface area contributed by atoms with Crippen molar-refractivity contribution in [2.24, 2.45) is 0 Å². The molecule has 0 aromatic heterocycles. The van der Waals surface area contributed by atoms with Crippen LogP contribution in [0.15, 0.2) is 273 Å². The lowest BCUT2D eigenvalue weighted by Crippen LogP contribution is -2.32. The number of hydrogen-bond acceptors (Lipinski definition) is 3. The monoisotopic (exact) mass is 955 g/mol. The normalized spacial score (nSPS) is 14.0. The fourth-order valence-corrected chi connectivity index (χ4v) is 13.6. The first-order chi connectivity index (χ1) is 37.2. The largest absolute Gasteiger partial charge is 0.457 e. The van der Waals surface area contributed by atoms with Crippen LogP contribution < -0.4 is 14.4 Å². The summed E-state index contributed by atoms with van der Waals surface area (Å²) in [5.41, 5.74) is 21.1. The standard InChI is InChI=1S/C72H45NO2/c1-2-17-46(18-3-1)47-33-35-48(36-34-47)49-37-40-51(41-38-49)73(64-28-16-27-61-70(64)54-21-6-7-22-56(54)71(61)57-23-8-12-29-65(57)74-66-30-13-9-24-58(66)71)52-42-43-55-63(45-52)72(62-44-39-50-19-4-5-20-53(50)69(55)62)59-25-10-14-31-67(59)75-68-32-15-11-26-60(68)72/h1-45H. The van der Waals surface area contributed by atoms with Crippen LogP contribution in [0.5, 0.6) is 23.0 Å². The van der Waals surface area contributed by atoms with Crippen molar-refractivity contribution in [2.45, 2.75) is 10.8 Å². The van der Waals surface area contributed by atoms with Gasteiger partial charge in [-0.25, -0.2) is 0 Å². The zero-order valence-corrected chi connectivity index (χ0v) is 40.7. The van der Waals surface area contributed by atoms with Crippen LogP contribution in [-0.4, -0.2) is 0 Å². The Morgan fingerprint density at radius 1 is 0.267 bits per heavy atom. The highest BCUT2D eigenvalue weighted by molar-refractivity contribution is 6.06. The zero-order chi connectivity index (χ0) is 49.2. The van der Waals surface area contributed by atoms with Gasteiger partial charge in [0.15, 0.2) is 0 Å². The van der Waals surface area contributed by atoms with Gasteiger partial charge in [-0.05, 0) is 127 Å². The summed E-state index contributed by atoms with van der Waals surface area (Å²) in [5.74, 6) is 3.50. The van der Waals surface area contributed by atoms with Crippen LogP contribution in [0.1, 0.15) is 44.5 Å². The van der Waals surface area contributed by atoms with Gasteiger partial charge in [0.2, 0.25) is 0 Å². The average Bonchev–Trinajstić information content (AvgIpc) is 3.98. The van der Waals surface area contributed by atoms with Gasteiger partial charge in [-0.3, -0.25) is 0 Å². The second-order valence-corrected chi connectivity index (χ2v) is 20.2. The van der Waals surface area contributed by atoms with Gasteiger partial charge < -0.3 is 14.4 Å². The van der Waals surface area contributed by atoms with Gasteiger partial charge in [0.1, 0.15) is 23.0 Å². The number of hydrogen-bond donors (Lipinski definition) is 0. The molecule has 0 saturated heterocycles. The van der Waals surface area contributed by atoms with Crippen LogP contribution in [0.25, 0.3) is 55.3 Å². The molecular weight excluding hydrogens is 911 g/mol. The van der Waals surface area contributed by atoms with E-state index in [1.54, 1.807) is 0 Å². The molecule has 0 N–H and O–H groups in total. The predicted molar refractivity (Wildman–Crippen MR) is 304 cm³/mol. The lowest BCUT2D eigenvalue weighted by Gasteiger charge is -2.40. The van der Waals surface area contributed by atoms with Crippen molar-refractivity contribution >= 4 is 27.8 Å². The number of fused-ring (bicyclic) bond motifs is 20. The van der Waals surface area contributed by atoms with Crippen LogP contribution in [-0.2, 0) is 10.8 Å². The Bertz CT molecular complexity index is 4220. The van der Waals surface area contributed by atoms with Crippen LogP contribution in [0.2, 0.25) is 0 Å². The van der Waals surface area contributed by atoms with Crippen molar-refractivity contribution in [2.75, 3.05) is 4.90 Å². The second-order valence-electron chi connectivity index (χ2n) is 20.2. The van der Waals surface area contributed by atoms with Crippen molar-refractivity contribution in [1.82, 2.24) is 0 Å². The molecule has 2 heterocycles. The van der Waals surface area contributed by atoms with E-state index in [4.69, 9.17) is 9.47 Å². The van der Waals surface area contributed by atoms with Gasteiger partial charge in [0.25, 0.3) is 0 Å². The van der Waals surface area contributed by atoms with E-state index in [0.29, 0.717) is 0 Å². The molecular formula is C72H45NO2. The molecule has 12 aromatic rings. The Hall–Kier alpha value is -9.70. The first kappa shape index (κ1) is 41.9. The predicted octanol–water partition coefficient (Wildman–Crippen LogP) is 18.6. The van der Waals surface area contributed by atoms with E-state index in [0.717, 1.165) is 67.9 Å². The van der Waals surface area contributed by atoms with E-state index in [2.05, 4.69) is 278 Å². The summed E-state index contributed by atoms with van der Waals surface area (Å²) in [5, 5.41) is 2.46. The summed E-state index contributed by atoms with van der Waals surface area (Å²) < 4.78 is 13.6. The molecule has 0 unspecified atom stereocenters. The number of anilines is 3. The molecule has 0 amide bonds. The van der Waals surface area contributed by atoms with E-state index < -0.39 is 10.8 Å². The smallest absolute Gasteiger partial charge is 0.132 e. The SMILES string of the molecule is c1ccc(-c2ccc(-c3ccc(N(c4ccc5c(c4)C4(c6ccccc6Oc6ccccc64)c4ccc6ccccc6c4-5)c4cccc5c4-c4ccccc4C54c5ccccc5Oc5ccccc54)cc3)cc2)cc1. The number of ether oxygens (including phenoxy) is 2. The molecule has 16 rings (SSSR count). The van der Waals surface area contributed by atoms with Gasteiger partial charge >= 0.3 is 0 Å². The minimum atomic E-state index is -0.678. The molecule has 75 heavy (non-hydrogen) atoms. The van der Waals surface area contributed by atoms with Gasteiger partial charge in [0.05, 0.1) is 16.5 Å². The van der Waals surface area contributed by atoms with Gasteiger partial charge in [-0.2, -0.15) is 0 Å².